The maximum Gasteiger partial charge on any atom is 0.124 e. The number of benzene rings is 3. The molecule has 3 aromatic rings. The molecular weight excluding hydrogens is 308 g/mol. The van der Waals surface area contributed by atoms with Crippen molar-refractivity contribution in [1.29, 1.82) is 0 Å². The standard InChI is InChI=1S/C22H26N2O/c1-24(2)15-14-23-16-21-20-11-7-6-10-19(20)12-13-22(21)25-17-18-8-4-3-5-9-18/h3-13,23H,14-17H2,1-2H3. The fourth-order valence-electron chi connectivity index (χ4n) is 2.88. The van der Waals surface area contributed by atoms with Gasteiger partial charge in [0.15, 0.2) is 0 Å². The van der Waals surface area contributed by atoms with Crippen molar-refractivity contribution in [2.45, 2.75) is 13.2 Å². The van der Waals surface area contributed by atoms with E-state index in [4.69, 9.17) is 4.74 Å². The van der Waals surface area contributed by atoms with Gasteiger partial charge in [0.1, 0.15) is 12.4 Å². The maximum absolute atomic E-state index is 6.16. The summed E-state index contributed by atoms with van der Waals surface area (Å²) in [5.41, 5.74) is 2.41. The normalized spacial score (nSPS) is 11.2. The molecule has 0 aliphatic rings. The third-order valence-electron chi connectivity index (χ3n) is 4.27. The van der Waals surface area contributed by atoms with E-state index in [-0.39, 0.29) is 0 Å². The Kier molecular flexibility index (Phi) is 6.04. The van der Waals surface area contributed by atoms with Gasteiger partial charge < -0.3 is 15.0 Å². The van der Waals surface area contributed by atoms with Gasteiger partial charge in [0.25, 0.3) is 0 Å². The van der Waals surface area contributed by atoms with Crippen LogP contribution in [0.4, 0.5) is 0 Å². The molecule has 0 bridgehead atoms. The van der Waals surface area contributed by atoms with Crippen LogP contribution in [0.5, 0.6) is 5.75 Å². The van der Waals surface area contributed by atoms with Crippen LogP contribution in [-0.4, -0.2) is 32.1 Å². The minimum absolute atomic E-state index is 0.587. The van der Waals surface area contributed by atoms with Crippen molar-refractivity contribution in [2.24, 2.45) is 0 Å². The molecule has 0 heterocycles. The molecule has 0 spiro atoms. The molecule has 3 heteroatoms. The molecule has 0 fully saturated rings. The Morgan fingerprint density at radius 3 is 2.44 bits per heavy atom. The van der Waals surface area contributed by atoms with Crippen LogP contribution in [0.3, 0.4) is 0 Å². The van der Waals surface area contributed by atoms with Crippen molar-refractivity contribution < 1.29 is 4.74 Å². The number of nitrogens with one attached hydrogen (secondary N) is 1. The van der Waals surface area contributed by atoms with Crippen LogP contribution in [0.15, 0.2) is 66.7 Å². The Morgan fingerprint density at radius 2 is 1.64 bits per heavy atom. The van der Waals surface area contributed by atoms with E-state index >= 15 is 0 Å². The van der Waals surface area contributed by atoms with E-state index in [1.165, 1.54) is 21.9 Å². The summed E-state index contributed by atoms with van der Waals surface area (Å²) in [6.07, 6.45) is 0. The largest absolute Gasteiger partial charge is 0.489 e. The van der Waals surface area contributed by atoms with Crippen LogP contribution in [-0.2, 0) is 13.2 Å². The molecule has 0 amide bonds. The lowest BCUT2D eigenvalue weighted by atomic mass is 10.0. The molecule has 0 unspecified atom stereocenters. The number of likely N-dealkylation sites (N-methyl/N-ethyl adjacent to an activating group) is 1. The number of hydrogen-bond donors (Lipinski definition) is 1. The molecule has 0 aliphatic heterocycles. The highest BCUT2D eigenvalue weighted by Gasteiger charge is 2.09. The molecule has 0 saturated heterocycles. The zero-order valence-electron chi connectivity index (χ0n) is 15.0. The highest BCUT2D eigenvalue weighted by atomic mass is 16.5. The molecule has 0 saturated carbocycles. The Balaban J connectivity index is 1.79. The van der Waals surface area contributed by atoms with Crippen LogP contribution in [0, 0.1) is 0 Å². The molecule has 25 heavy (non-hydrogen) atoms. The second kappa shape index (κ2) is 8.65. The fraction of sp³-hybridized carbons (Fsp3) is 0.273. The SMILES string of the molecule is CN(C)CCNCc1c(OCc2ccccc2)ccc2ccccc12. The van der Waals surface area contributed by atoms with E-state index in [1.807, 2.05) is 18.2 Å². The van der Waals surface area contributed by atoms with Gasteiger partial charge in [-0.2, -0.15) is 0 Å². The topological polar surface area (TPSA) is 24.5 Å². The van der Waals surface area contributed by atoms with Crippen LogP contribution >= 0.6 is 0 Å². The quantitative estimate of drug-likeness (QED) is 0.629. The number of ether oxygens (including phenoxy) is 1. The predicted octanol–water partition coefficient (Wildman–Crippen LogP) is 4.07. The average Bonchev–Trinajstić information content (AvgIpc) is 2.64. The summed E-state index contributed by atoms with van der Waals surface area (Å²) in [4.78, 5) is 2.18. The Morgan fingerprint density at radius 1 is 0.880 bits per heavy atom. The van der Waals surface area contributed by atoms with Gasteiger partial charge in [-0.15, -0.1) is 0 Å². The van der Waals surface area contributed by atoms with Crippen LogP contribution in [0.25, 0.3) is 10.8 Å². The average molecular weight is 334 g/mol. The van der Waals surface area contributed by atoms with Crippen LogP contribution < -0.4 is 10.1 Å². The summed E-state index contributed by atoms with van der Waals surface area (Å²) in [5.74, 6) is 0.958. The lowest BCUT2D eigenvalue weighted by molar-refractivity contribution is 0.302. The van der Waals surface area contributed by atoms with Crippen molar-refractivity contribution >= 4 is 10.8 Å². The lowest BCUT2D eigenvalue weighted by Gasteiger charge is -2.16. The molecule has 0 aromatic heterocycles. The summed E-state index contributed by atoms with van der Waals surface area (Å²) in [6, 6.07) is 23.0. The molecule has 130 valence electrons. The Labute approximate surface area is 150 Å². The zero-order valence-corrected chi connectivity index (χ0v) is 15.0. The smallest absolute Gasteiger partial charge is 0.124 e. The first-order chi connectivity index (χ1) is 12.2. The Hall–Kier alpha value is -2.36. The fourth-order valence-corrected chi connectivity index (χ4v) is 2.88. The van der Waals surface area contributed by atoms with Gasteiger partial charge in [-0.1, -0.05) is 60.7 Å². The van der Waals surface area contributed by atoms with Crippen molar-refractivity contribution in [1.82, 2.24) is 10.2 Å². The summed E-state index contributed by atoms with van der Waals surface area (Å²) in [6.45, 7) is 3.36. The Bertz CT molecular complexity index is 799. The van der Waals surface area contributed by atoms with Gasteiger partial charge in [-0.25, -0.2) is 0 Å². The minimum atomic E-state index is 0.587. The van der Waals surface area contributed by atoms with Crippen LogP contribution in [0.2, 0.25) is 0 Å². The van der Waals surface area contributed by atoms with Crippen molar-refractivity contribution in [3.63, 3.8) is 0 Å². The number of rotatable bonds is 8. The van der Waals surface area contributed by atoms with E-state index in [0.717, 1.165) is 25.4 Å². The van der Waals surface area contributed by atoms with E-state index in [2.05, 4.69) is 72.8 Å². The summed E-state index contributed by atoms with van der Waals surface area (Å²) >= 11 is 0. The molecule has 3 aromatic carbocycles. The van der Waals surface area contributed by atoms with Gasteiger partial charge >= 0.3 is 0 Å². The first-order valence-electron chi connectivity index (χ1n) is 8.77. The van der Waals surface area contributed by atoms with Crippen molar-refractivity contribution in [2.75, 3.05) is 27.2 Å². The van der Waals surface area contributed by atoms with Crippen LogP contribution in [0.1, 0.15) is 11.1 Å². The number of hydrogen-bond acceptors (Lipinski definition) is 3. The van der Waals surface area contributed by atoms with Gasteiger partial charge in [0.2, 0.25) is 0 Å². The molecule has 1 N–H and O–H groups in total. The van der Waals surface area contributed by atoms with Gasteiger partial charge in [-0.3, -0.25) is 0 Å². The molecule has 0 aliphatic carbocycles. The van der Waals surface area contributed by atoms with E-state index in [1.54, 1.807) is 0 Å². The van der Waals surface area contributed by atoms with Gasteiger partial charge in [0.05, 0.1) is 0 Å². The van der Waals surface area contributed by atoms with Gasteiger partial charge in [0, 0.05) is 25.2 Å². The maximum atomic E-state index is 6.16. The number of fused-ring (bicyclic) bond motifs is 1. The van der Waals surface area contributed by atoms with E-state index < -0.39 is 0 Å². The van der Waals surface area contributed by atoms with Gasteiger partial charge in [-0.05, 0) is 36.5 Å². The summed E-state index contributed by atoms with van der Waals surface area (Å²) in [7, 11) is 4.18. The summed E-state index contributed by atoms with van der Waals surface area (Å²) < 4.78 is 6.16. The zero-order chi connectivity index (χ0) is 17.5. The molecule has 0 radical (unpaired) electrons. The van der Waals surface area contributed by atoms with Crippen molar-refractivity contribution in [3.8, 4) is 5.75 Å². The first kappa shape index (κ1) is 17.5. The second-order valence-corrected chi connectivity index (χ2v) is 6.52. The first-order valence-corrected chi connectivity index (χ1v) is 8.77. The third-order valence-corrected chi connectivity index (χ3v) is 4.27. The highest BCUT2D eigenvalue weighted by molar-refractivity contribution is 5.87. The third kappa shape index (κ3) is 4.81. The monoisotopic (exact) mass is 334 g/mol. The summed E-state index contributed by atoms with van der Waals surface area (Å²) in [5, 5.41) is 6.05. The molecule has 3 nitrogen and oxygen atoms in total. The van der Waals surface area contributed by atoms with E-state index in [0.29, 0.717) is 6.61 Å². The van der Waals surface area contributed by atoms with Crippen molar-refractivity contribution in [3.05, 3.63) is 77.9 Å². The number of nitrogens with zero attached hydrogens (tertiary/aromatic N) is 1. The molecular formula is C22H26N2O. The molecule has 3 rings (SSSR count). The minimum Gasteiger partial charge on any atom is -0.489 e. The highest BCUT2D eigenvalue weighted by Crippen LogP contribution is 2.28. The predicted molar refractivity (Wildman–Crippen MR) is 105 cm³/mol. The lowest BCUT2D eigenvalue weighted by Crippen LogP contribution is -2.26. The molecule has 0 atom stereocenters. The van der Waals surface area contributed by atoms with E-state index in [9.17, 15) is 0 Å². The second-order valence-electron chi connectivity index (χ2n) is 6.52.